The number of piperidine rings is 1. The number of aryl methyl sites for hydroxylation is 1. The predicted octanol–water partition coefficient (Wildman–Crippen LogP) is 2.44. The van der Waals surface area contributed by atoms with Gasteiger partial charge in [-0.05, 0) is 43.9 Å². The van der Waals surface area contributed by atoms with Gasteiger partial charge in [-0.15, -0.1) is 0 Å². The minimum atomic E-state index is 0.221. The monoisotopic (exact) mass is 313 g/mol. The number of carbonyl (C=O) groups is 1. The van der Waals surface area contributed by atoms with Crippen LogP contribution in [-0.4, -0.2) is 47.1 Å². The van der Waals surface area contributed by atoms with E-state index in [0.717, 1.165) is 61.6 Å². The minimum Gasteiger partial charge on any atom is -0.381 e. The lowest BCUT2D eigenvalue weighted by Gasteiger charge is -2.39. The summed E-state index contributed by atoms with van der Waals surface area (Å²) in [5.74, 6) is 1.13. The van der Waals surface area contributed by atoms with Crippen LogP contribution < -0.4 is 0 Å². The van der Waals surface area contributed by atoms with E-state index < -0.39 is 0 Å². The molecule has 1 aromatic heterocycles. The third-order valence-corrected chi connectivity index (χ3v) is 5.22. The number of aromatic nitrogens is 2. The molecule has 2 aliphatic heterocycles. The Hall–Kier alpha value is -1.88. The largest absolute Gasteiger partial charge is 0.381 e. The number of amides is 1. The minimum absolute atomic E-state index is 0.221. The summed E-state index contributed by atoms with van der Waals surface area (Å²) in [6.45, 7) is 5.35. The molecule has 0 saturated carbocycles. The zero-order valence-corrected chi connectivity index (χ0v) is 13.6. The first-order valence-electron chi connectivity index (χ1n) is 8.44. The first-order valence-corrected chi connectivity index (χ1v) is 8.44. The van der Waals surface area contributed by atoms with Crippen LogP contribution in [0.1, 0.15) is 30.7 Å². The van der Waals surface area contributed by atoms with Gasteiger partial charge in [0.15, 0.2) is 0 Å². The van der Waals surface area contributed by atoms with Crippen molar-refractivity contribution in [2.45, 2.75) is 32.6 Å². The molecular weight excluding hydrogens is 290 g/mol. The molecule has 1 amide bonds. The highest BCUT2D eigenvalue weighted by Gasteiger charge is 2.40. The van der Waals surface area contributed by atoms with Gasteiger partial charge in [-0.1, -0.05) is 6.07 Å². The van der Waals surface area contributed by atoms with E-state index in [9.17, 15) is 4.79 Å². The van der Waals surface area contributed by atoms with Gasteiger partial charge in [-0.25, -0.2) is 4.98 Å². The zero-order valence-electron chi connectivity index (χ0n) is 13.6. The van der Waals surface area contributed by atoms with Crippen molar-refractivity contribution in [2.75, 3.05) is 26.3 Å². The average molecular weight is 313 g/mol. The van der Waals surface area contributed by atoms with Gasteiger partial charge in [-0.3, -0.25) is 4.79 Å². The molecule has 0 bridgehead atoms. The van der Waals surface area contributed by atoms with Crippen LogP contribution in [0.4, 0.5) is 0 Å². The zero-order chi connectivity index (χ0) is 15.9. The summed E-state index contributed by atoms with van der Waals surface area (Å²) in [5, 5.41) is 0. The lowest BCUT2D eigenvalue weighted by molar-refractivity contribution is -0.134. The molecule has 122 valence electrons. The maximum atomic E-state index is 12.7. The fourth-order valence-electron chi connectivity index (χ4n) is 3.97. The van der Waals surface area contributed by atoms with Crippen molar-refractivity contribution in [3.63, 3.8) is 0 Å². The molecule has 3 heterocycles. The van der Waals surface area contributed by atoms with Gasteiger partial charge in [0.25, 0.3) is 0 Å². The summed E-state index contributed by atoms with van der Waals surface area (Å²) in [4.78, 5) is 22.4. The van der Waals surface area contributed by atoms with Crippen LogP contribution in [0.3, 0.4) is 0 Å². The van der Waals surface area contributed by atoms with E-state index in [2.05, 4.69) is 9.97 Å². The number of ether oxygens (including phenoxy) is 1. The lowest BCUT2D eigenvalue weighted by Crippen LogP contribution is -2.47. The Morgan fingerprint density at radius 1 is 1.43 bits per heavy atom. The van der Waals surface area contributed by atoms with Crippen molar-refractivity contribution in [1.29, 1.82) is 0 Å². The molecule has 1 atom stereocenters. The van der Waals surface area contributed by atoms with Crippen molar-refractivity contribution in [3.05, 3.63) is 29.6 Å². The maximum absolute atomic E-state index is 12.7. The second kappa shape index (κ2) is 5.64. The van der Waals surface area contributed by atoms with Crippen LogP contribution in [0.5, 0.6) is 0 Å². The Morgan fingerprint density at radius 3 is 3.17 bits per heavy atom. The second-order valence-corrected chi connectivity index (χ2v) is 7.07. The number of aromatic amines is 1. The molecule has 2 saturated heterocycles. The number of rotatable bonds is 2. The molecule has 5 nitrogen and oxygen atoms in total. The Morgan fingerprint density at radius 2 is 2.35 bits per heavy atom. The molecule has 1 N–H and O–H groups in total. The van der Waals surface area contributed by atoms with Gasteiger partial charge < -0.3 is 14.6 Å². The van der Waals surface area contributed by atoms with E-state index >= 15 is 0 Å². The summed E-state index contributed by atoms with van der Waals surface area (Å²) in [6.07, 6.45) is 3.84. The molecule has 1 aromatic carbocycles. The van der Waals surface area contributed by atoms with Gasteiger partial charge in [0.2, 0.25) is 5.91 Å². The SMILES string of the molecule is Cc1nc2ccc(CC(=O)N3CCCC4(CCOC4)C3)cc2[nH]1. The Bertz CT molecular complexity index is 731. The highest BCUT2D eigenvalue weighted by Crippen LogP contribution is 2.37. The topological polar surface area (TPSA) is 58.2 Å². The van der Waals surface area contributed by atoms with E-state index in [1.807, 2.05) is 30.0 Å². The van der Waals surface area contributed by atoms with E-state index in [1.165, 1.54) is 6.42 Å². The van der Waals surface area contributed by atoms with Crippen LogP contribution in [0.2, 0.25) is 0 Å². The van der Waals surface area contributed by atoms with Crippen molar-refractivity contribution in [1.82, 2.24) is 14.9 Å². The Labute approximate surface area is 136 Å². The number of hydrogen-bond acceptors (Lipinski definition) is 3. The Kier molecular flexibility index (Phi) is 3.60. The first-order chi connectivity index (χ1) is 11.1. The molecule has 1 unspecified atom stereocenters. The standard InChI is InChI=1S/C18H23N3O2/c1-13-19-15-4-3-14(9-16(15)20-13)10-17(22)21-7-2-5-18(11-21)6-8-23-12-18/h3-4,9H,2,5-8,10-12H2,1H3,(H,19,20). The van der Waals surface area contributed by atoms with E-state index in [1.54, 1.807) is 0 Å². The van der Waals surface area contributed by atoms with Crippen LogP contribution in [0, 0.1) is 12.3 Å². The van der Waals surface area contributed by atoms with Gasteiger partial charge in [0, 0.05) is 25.1 Å². The number of H-pyrrole nitrogens is 1. The number of likely N-dealkylation sites (tertiary alicyclic amines) is 1. The van der Waals surface area contributed by atoms with Crippen molar-refractivity contribution in [3.8, 4) is 0 Å². The van der Waals surface area contributed by atoms with Crippen molar-refractivity contribution >= 4 is 16.9 Å². The molecule has 5 heteroatoms. The van der Waals surface area contributed by atoms with Gasteiger partial charge in [0.1, 0.15) is 5.82 Å². The normalized spacial score (nSPS) is 24.7. The quantitative estimate of drug-likeness (QED) is 0.926. The molecule has 0 radical (unpaired) electrons. The van der Waals surface area contributed by atoms with Gasteiger partial charge >= 0.3 is 0 Å². The second-order valence-electron chi connectivity index (χ2n) is 7.07. The summed E-state index contributed by atoms with van der Waals surface area (Å²) in [5.41, 5.74) is 3.23. The number of hydrogen-bond donors (Lipinski definition) is 1. The van der Waals surface area contributed by atoms with E-state index in [4.69, 9.17) is 4.74 Å². The average Bonchev–Trinajstić information content (AvgIpc) is 3.12. The molecular formula is C18H23N3O2. The van der Waals surface area contributed by atoms with Crippen LogP contribution in [0.15, 0.2) is 18.2 Å². The van der Waals surface area contributed by atoms with Crippen LogP contribution >= 0.6 is 0 Å². The summed E-state index contributed by atoms with van der Waals surface area (Å²) < 4.78 is 5.59. The summed E-state index contributed by atoms with van der Waals surface area (Å²) >= 11 is 0. The first kappa shape index (κ1) is 14.7. The summed E-state index contributed by atoms with van der Waals surface area (Å²) in [7, 11) is 0. The molecule has 23 heavy (non-hydrogen) atoms. The number of benzene rings is 1. The molecule has 2 aromatic rings. The number of nitrogens with one attached hydrogen (secondary N) is 1. The van der Waals surface area contributed by atoms with Crippen molar-refractivity contribution < 1.29 is 9.53 Å². The lowest BCUT2D eigenvalue weighted by atomic mass is 9.79. The number of carbonyl (C=O) groups excluding carboxylic acids is 1. The highest BCUT2D eigenvalue weighted by molar-refractivity contribution is 5.82. The summed E-state index contributed by atoms with van der Waals surface area (Å²) in [6, 6.07) is 6.05. The molecule has 4 rings (SSSR count). The van der Waals surface area contributed by atoms with E-state index in [0.29, 0.717) is 6.42 Å². The molecule has 1 spiro atoms. The molecule has 0 aliphatic carbocycles. The van der Waals surface area contributed by atoms with Gasteiger partial charge in [-0.2, -0.15) is 0 Å². The van der Waals surface area contributed by atoms with Crippen LogP contribution in [0.25, 0.3) is 11.0 Å². The predicted molar refractivity (Wildman–Crippen MR) is 88.2 cm³/mol. The van der Waals surface area contributed by atoms with E-state index in [-0.39, 0.29) is 11.3 Å². The number of nitrogens with zero attached hydrogens (tertiary/aromatic N) is 2. The Balaban J connectivity index is 1.47. The number of imidazole rings is 1. The molecule has 2 fully saturated rings. The third kappa shape index (κ3) is 2.85. The fraction of sp³-hybridized carbons (Fsp3) is 0.556. The fourth-order valence-corrected chi connectivity index (χ4v) is 3.97. The van der Waals surface area contributed by atoms with Crippen LogP contribution in [-0.2, 0) is 16.0 Å². The number of fused-ring (bicyclic) bond motifs is 1. The highest BCUT2D eigenvalue weighted by atomic mass is 16.5. The maximum Gasteiger partial charge on any atom is 0.227 e. The van der Waals surface area contributed by atoms with Crippen molar-refractivity contribution in [2.24, 2.45) is 5.41 Å². The smallest absolute Gasteiger partial charge is 0.227 e. The third-order valence-electron chi connectivity index (χ3n) is 5.22. The van der Waals surface area contributed by atoms with Gasteiger partial charge in [0.05, 0.1) is 24.1 Å². The molecule has 2 aliphatic rings.